The Labute approximate surface area is 46.0 Å². The van der Waals surface area contributed by atoms with Gasteiger partial charge in [0.1, 0.15) is 10.4 Å². The van der Waals surface area contributed by atoms with Crippen molar-refractivity contribution < 1.29 is 4.79 Å². The third-order valence-electron chi connectivity index (χ3n) is 1.31. The minimum Gasteiger partial charge on any atom is -0.378 e. The zero-order chi connectivity index (χ0) is 5.28. The Bertz CT molecular complexity index is 93.7. The summed E-state index contributed by atoms with van der Waals surface area (Å²) in [6.45, 7) is 1.02. The van der Waals surface area contributed by atoms with E-state index >= 15 is 0 Å². The quantitative estimate of drug-likeness (QED) is 0.367. The Morgan fingerprint density at radius 2 is 2.43 bits per heavy atom. The molecule has 1 heterocycles. The third-order valence-corrected chi connectivity index (χ3v) is 2.26. The first-order valence-corrected chi connectivity index (χ1v) is 3.44. The fourth-order valence-electron chi connectivity index (χ4n) is 0.783. The summed E-state index contributed by atoms with van der Waals surface area (Å²) in [5.74, 6) is 0.353. The highest BCUT2D eigenvalue weighted by Crippen LogP contribution is 2.04. The SMILES string of the molecule is O=C1CCCN1[SiH3]. The first kappa shape index (κ1) is 4.84. The molecule has 3 heteroatoms. The molecule has 0 unspecified atom stereocenters. The van der Waals surface area contributed by atoms with Crippen LogP contribution in [-0.4, -0.2) is 27.4 Å². The predicted octanol–water partition coefficient (Wildman–Crippen LogP) is -1.11. The second kappa shape index (κ2) is 1.66. The van der Waals surface area contributed by atoms with E-state index in [-0.39, 0.29) is 0 Å². The molecule has 0 spiro atoms. The van der Waals surface area contributed by atoms with Crippen LogP contribution >= 0.6 is 0 Å². The number of carbonyl (C=O) groups is 1. The zero-order valence-electron chi connectivity index (χ0n) is 4.48. The van der Waals surface area contributed by atoms with Gasteiger partial charge in [0, 0.05) is 13.0 Å². The molecule has 1 saturated heterocycles. The van der Waals surface area contributed by atoms with Crippen molar-refractivity contribution in [3.05, 3.63) is 0 Å². The van der Waals surface area contributed by atoms with Crippen LogP contribution in [0.5, 0.6) is 0 Å². The number of carbonyl (C=O) groups excluding carboxylic acids is 1. The normalized spacial score (nSPS) is 21.7. The van der Waals surface area contributed by atoms with Crippen LogP contribution in [-0.2, 0) is 4.79 Å². The van der Waals surface area contributed by atoms with E-state index < -0.39 is 0 Å². The van der Waals surface area contributed by atoms with E-state index in [4.69, 9.17) is 0 Å². The van der Waals surface area contributed by atoms with Gasteiger partial charge in [-0.05, 0) is 6.42 Å². The Kier molecular flexibility index (Phi) is 1.14. The van der Waals surface area contributed by atoms with E-state index in [2.05, 4.69) is 0 Å². The lowest BCUT2D eigenvalue weighted by atomic mass is 10.4. The highest BCUT2D eigenvalue weighted by Gasteiger charge is 2.13. The second-order valence-electron chi connectivity index (χ2n) is 1.92. The highest BCUT2D eigenvalue weighted by molar-refractivity contribution is 6.14. The topological polar surface area (TPSA) is 20.3 Å². The van der Waals surface area contributed by atoms with Crippen molar-refractivity contribution in [2.24, 2.45) is 0 Å². The Morgan fingerprint density at radius 1 is 1.71 bits per heavy atom. The van der Waals surface area contributed by atoms with Gasteiger partial charge in [-0.3, -0.25) is 4.79 Å². The van der Waals surface area contributed by atoms with Gasteiger partial charge in [0.05, 0.1) is 0 Å². The van der Waals surface area contributed by atoms with E-state index in [0.29, 0.717) is 5.91 Å². The standard InChI is InChI=1S/C4H9NOSi/c6-4-2-1-3-5(4)7/h1-3H2,7H3. The molecule has 0 aliphatic carbocycles. The smallest absolute Gasteiger partial charge is 0.214 e. The van der Waals surface area contributed by atoms with E-state index in [1.807, 2.05) is 4.57 Å². The molecule has 0 bridgehead atoms. The lowest BCUT2D eigenvalue weighted by molar-refractivity contribution is -0.123. The minimum absolute atomic E-state index is 0.353. The van der Waals surface area contributed by atoms with Gasteiger partial charge in [0.15, 0.2) is 0 Å². The fourth-order valence-corrected chi connectivity index (χ4v) is 1.32. The maximum Gasteiger partial charge on any atom is 0.214 e. The lowest BCUT2D eigenvalue weighted by Gasteiger charge is -2.04. The van der Waals surface area contributed by atoms with Gasteiger partial charge in [-0.25, -0.2) is 0 Å². The van der Waals surface area contributed by atoms with Gasteiger partial charge in [0.2, 0.25) is 5.91 Å². The van der Waals surface area contributed by atoms with Crippen molar-refractivity contribution >= 4 is 16.3 Å². The van der Waals surface area contributed by atoms with E-state index in [0.717, 1.165) is 29.8 Å². The summed E-state index contributed by atoms with van der Waals surface area (Å²) in [6.07, 6.45) is 1.88. The Hall–Kier alpha value is -0.313. The summed E-state index contributed by atoms with van der Waals surface area (Å²) in [7, 11) is 0.921. The van der Waals surface area contributed by atoms with E-state index in [1.165, 1.54) is 0 Å². The Balaban J connectivity index is 2.48. The maximum atomic E-state index is 10.5. The van der Waals surface area contributed by atoms with Crippen LogP contribution in [0.2, 0.25) is 0 Å². The number of amides is 1. The van der Waals surface area contributed by atoms with Crippen LogP contribution in [0, 0.1) is 0 Å². The average molecular weight is 115 g/mol. The van der Waals surface area contributed by atoms with Gasteiger partial charge in [-0.15, -0.1) is 0 Å². The molecule has 1 aliphatic rings. The summed E-state index contributed by atoms with van der Waals surface area (Å²) in [4.78, 5) is 10.5. The number of nitrogens with zero attached hydrogens (tertiary/aromatic N) is 1. The first-order chi connectivity index (χ1) is 3.30. The second-order valence-corrected chi connectivity index (χ2v) is 3.00. The first-order valence-electron chi connectivity index (χ1n) is 2.54. The molecule has 7 heavy (non-hydrogen) atoms. The van der Waals surface area contributed by atoms with E-state index in [9.17, 15) is 4.79 Å². The molecule has 1 fully saturated rings. The summed E-state index contributed by atoms with van der Waals surface area (Å²) in [6, 6.07) is 0. The minimum atomic E-state index is 0.353. The van der Waals surface area contributed by atoms with Crippen LogP contribution in [0.25, 0.3) is 0 Å². The van der Waals surface area contributed by atoms with Crippen molar-refractivity contribution in [1.29, 1.82) is 0 Å². The van der Waals surface area contributed by atoms with Crippen molar-refractivity contribution in [1.82, 2.24) is 4.57 Å². The average Bonchev–Trinajstić information content (AvgIpc) is 1.91. The van der Waals surface area contributed by atoms with Crippen LogP contribution in [0.3, 0.4) is 0 Å². The molecule has 1 rings (SSSR count). The molecule has 40 valence electrons. The number of hydrogen-bond donors (Lipinski definition) is 0. The summed E-state index contributed by atoms with van der Waals surface area (Å²) < 4.78 is 1.90. The highest BCUT2D eigenvalue weighted by atomic mass is 28.2. The largest absolute Gasteiger partial charge is 0.378 e. The molecule has 0 aromatic rings. The molecule has 1 aliphatic heterocycles. The molecule has 0 aromatic heterocycles. The molecule has 0 atom stereocenters. The third kappa shape index (κ3) is 0.824. The molecular weight excluding hydrogens is 106 g/mol. The molecular formula is C4H9NOSi. The monoisotopic (exact) mass is 115 g/mol. The summed E-state index contributed by atoms with van der Waals surface area (Å²) in [5, 5.41) is 0. The molecule has 0 saturated carbocycles. The van der Waals surface area contributed by atoms with Gasteiger partial charge in [-0.1, -0.05) is 0 Å². The zero-order valence-corrected chi connectivity index (χ0v) is 6.48. The molecule has 0 N–H and O–H groups in total. The Morgan fingerprint density at radius 3 is 2.57 bits per heavy atom. The number of hydrogen-bond acceptors (Lipinski definition) is 1. The van der Waals surface area contributed by atoms with Crippen molar-refractivity contribution in [2.75, 3.05) is 6.54 Å². The van der Waals surface area contributed by atoms with Gasteiger partial charge < -0.3 is 4.57 Å². The summed E-state index contributed by atoms with van der Waals surface area (Å²) in [5.41, 5.74) is 0. The van der Waals surface area contributed by atoms with E-state index in [1.54, 1.807) is 0 Å². The van der Waals surface area contributed by atoms with Gasteiger partial charge in [0.25, 0.3) is 0 Å². The van der Waals surface area contributed by atoms with Crippen molar-refractivity contribution in [3.63, 3.8) is 0 Å². The van der Waals surface area contributed by atoms with Gasteiger partial charge in [-0.2, -0.15) is 0 Å². The molecule has 0 aromatic carbocycles. The van der Waals surface area contributed by atoms with Crippen LogP contribution in [0.15, 0.2) is 0 Å². The van der Waals surface area contributed by atoms with Crippen LogP contribution < -0.4 is 0 Å². The molecule has 1 amide bonds. The predicted molar refractivity (Wildman–Crippen MR) is 30.9 cm³/mol. The van der Waals surface area contributed by atoms with Crippen molar-refractivity contribution in [2.45, 2.75) is 12.8 Å². The summed E-state index contributed by atoms with van der Waals surface area (Å²) >= 11 is 0. The lowest BCUT2D eigenvalue weighted by Crippen LogP contribution is -2.19. The van der Waals surface area contributed by atoms with Crippen LogP contribution in [0.1, 0.15) is 12.8 Å². The van der Waals surface area contributed by atoms with Crippen molar-refractivity contribution in [3.8, 4) is 0 Å². The molecule has 0 radical (unpaired) electrons. The fraction of sp³-hybridized carbons (Fsp3) is 0.750. The van der Waals surface area contributed by atoms with Crippen LogP contribution in [0.4, 0.5) is 0 Å². The van der Waals surface area contributed by atoms with Gasteiger partial charge >= 0.3 is 0 Å². The molecule has 2 nitrogen and oxygen atoms in total. The maximum absolute atomic E-state index is 10.5. The number of rotatable bonds is 0.